The molecule has 0 saturated carbocycles. The number of rotatable bonds is 2. The molecule has 0 amide bonds. The number of pyridine rings is 1. The minimum absolute atomic E-state index is 0.0599. The van der Waals surface area contributed by atoms with E-state index in [2.05, 4.69) is 4.98 Å². The van der Waals surface area contributed by atoms with Gasteiger partial charge in [-0.15, -0.1) is 0 Å². The van der Waals surface area contributed by atoms with E-state index in [0.717, 1.165) is 10.9 Å². The first-order chi connectivity index (χ1) is 9.63. The van der Waals surface area contributed by atoms with Crippen LogP contribution in [0.25, 0.3) is 10.9 Å². The topological polar surface area (TPSA) is 48.1 Å². The third-order valence-electron chi connectivity index (χ3n) is 2.85. The normalized spacial score (nSPS) is 10.7. The van der Waals surface area contributed by atoms with E-state index in [0.29, 0.717) is 17.2 Å². The summed E-state index contributed by atoms with van der Waals surface area (Å²) < 4.78 is 19.1. The number of halogens is 2. The van der Waals surface area contributed by atoms with Crippen LogP contribution in [0.15, 0.2) is 48.7 Å². The number of benzene rings is 2. The number of anilines is 1. The number of nitrogens with zero attached hydrogens (tertiary/aromatic N) is 1. The highest BCUT2D eigenvalue weighted by Gasteiger charge is 2.07. The molecule has 0 fully saturated rings. The quantitative estimate of drug-likeness (QED) is 0.711. The standard InChI is InChI=1S/C15H10ClFN2O/c16-12-4-2-10(8-13(12)17)20-15-5-6-19-14-7-9(18)1-3-11(14)15/h1-8H,18H2. The predicted molar refractivity (Wildman–Crippen MR) is 77.6 cm³/mol. The van der Waals surface area contributed by atoms with Gasteiger partial charge in [0.1, 0.15) is 17.3 Å². The average molecular weight is 289 g/mol. The van der Waals surface area contributed by atoms with Gasteiger partial charge in [-0.25, -0.2) is 4.39 Å². The maximum atomic E-state index is 13.4. The van der Waals surface area contributed by atoms with Crippen molar-refractivity contribution in [3.05, 3.63) is 59.5 Å². The number of nitrogen functional groups attached to an aromatic ring is 1. The minimum atomic E-state index is -0.522. The molecule has 2 aromatic carbocycles. The van der Waals surface area contributed by atoms with Crippen LogP contribution in [0.3, 0.4) is 0 Å². The van der Waals surface area contributed by atoms with Gasteiger partial charge in [-0.05, 0) is 36.4 Å². The van der Waals surface area contributed by atoms with E-state index < -0.39 is 5.82 Å². The van der Waals surface area contributed by atoms with Crippen molar-refractivity contribution in [3.63, 3.8) is 0 Å². The van der Waals surface area contributed by atoms with Crippen molar-refractivity contribution in [2.75, 3.05) is 5.73 Å². The number of hydrogen-bond acceptors (Lipinski definition) is 3. The van der Waals surface area contributed by atoms with E-state index >= 15 is 0 Å². The molecule has 0 unspecified atom stereocenters. The summed E-state index contributed by atoms with van der Waals surface area (Å²) in [6.07, 6.45) is 1.61. The third kappa shape index (κ3) is 2.38. The van der Waals surface area contributed by atoms with Crippen LogP contribution in [0.4, 0.5) is 10.1 Å². The van der Waals surface area contributed by atoms with Gasteiger partial charge < -0.3 is 10.5 Å². The molecule has 0 saturated heterocycles. The molecule has 0 atom stereocenters. The zero-order chi connectivity index (χ0) is 14.1. The fourth-order valence-corrected chi connectivity index (χ4v) is 2.01. The van der Waals surface area contributed by atoms with Crippen molar-refractivity contribution < 1.29 is 9.13 Å². The summed E-state index contributed by atoms with van der Waals surface area (Å²) in [7, 11) is 0. The van der Waals surface area contributed by atoms with Crippen LogP contribution in [-0.2, 0) is 0 Å². The highest BCUT2D eigenvalue weighted by Crippen LogP contribution is 2.31. The highest BCUT2D eigenvalue weighted by atomic mass is 35.5. The molecule has 1 aromatic heterocycles. The predicted octanol–water partition coefficient (Wildman–Crippen LogP) is 4.40. The molecule has 1 heterocycles. The Labute approximate surface area is 119 Å². The fourth-order valence-electron chi connectivity index (χ4n) is 1.90. The Morgan fingerprint density at radius 1 is 1.10 bits per heavy atom. The van der Waals surface area contributed by atoms with Crippen LogP contribution in [-0.4, -0.2) is 4.98 Å². The Morgan fingerprint density at radius 3 is 2.75 bits per heavy atom. The SMILES string of the molecule is Nc1ccc2c(Oc3ccc(Cl)c(F)c3)ccnc2c1. The zero-order valence-corrected chi connectivity index (χ0v) is 11.1. The van der Waals surface area contributed by atoms with Crippen LogP contribution in [0.1, 0.15) is 0 Å². The second kappa shape index (κ2) is 4.98. The molecule has 3 rings (SSSR count). The largest absolute Gasteiger partial charge is 0.456 e. The van der Waals surface area contributed by atoms with Crippen LogP contribution in [0.2, 0.25) is 5.02 Å². The van der Waals surface area contributed by atoms with E-state index in [1.165, 1.54) is 12.1 Å². The van der Waals surface area contributed by atoms with Crippen LogP contribution >= 0.6 is 11.6 Å². The molecule has 20 heavy (non-hydrogen) atoms. The number of nitrogens with two attached hydrogens (primary N) is 1. The lowest BCUT2D eigenvalue weighted by Crippen LogP contribution is -1.90. The molecule has 0 aliphatic heterocycles. The molecule has 3 nitrogen and oxygen atoms in total. The van der Waals surface area contributed by atoms with Crippen molar-refractivity contribution in [2.45, 2.75) is 0 Å². The second-order valence-corrected chi connectivity index (χ2v) is 4.67. The second-order valence-electron chi connectivity index (χ2n) is 4.26. The first kappa shape index (κ1) is 12.7. The zero-order valence-electron chi connectivity index (χ0n) is 10.3. The molecule has 0 aliphatic carbocycles. The molecule has 5 heteroatoms. The number of ether oxygens (including phenoxy) is 1. The van der Waals surface area contributed by atoms with Gasteiger partial charge in [0.2, 0.25) is 0 Å². The Balaban J connectivity index is 2.04. The Bertz CT molecular complexity index is 792. The third-order valence-corrected chi connectivity index (χ3v) is 3.15. The van der Waals surface area contributed by atoms with E-state index in [-0.39, 0.29) is 5.02 Å². The maximum Gasteiger partial charge on any atom is 0.145 e. The van der Waals surface area contributed by atoms with Gasteiger partial charge in [-0.3, -0.25) is 4.98 Å². The molecule has 100 valence electrons. The van der Waals surface area contributed by atoms with E-state index in [9.17, 15) is 4.39 Å². The summed E-state index contributed by atoms with van der Waals surface area (Å²) in [5.74, 6) is 0.430. The van der Waals surface area contributed by atoms with Crippen LogP contribution in [0.5, 0.6) is 11.5 Å². The van der Waals surface area contributed by atoms with Gasteiger partial charge in [0, 0.05) is 23.3 Å². The lowest BCUT2D eigenvalue weighted by Gasteiger charge is -2.09. The molecular formula is C15H10ClFN2O. The molecule has 0 aliphatic rings. The van der Waals surface area contributed by atoms with Crippen LogP contribution in [0, 0.1) is 5.82 Å². The van der Waals surface area contributed by atoms with Gasteiger partial charge in [-0.2, -0.15) is 0 Å². The molecule has 0 bridgehead atoms. The van der Waals surface area contributed by atoms with Crippen molar-refractivity contribution in [1.29, 1.82) is 0 Å². The lowest BCUT2D eigenvalue weighted by atomic mass is 10.2. The average Bonchev–Trinajstić information content (AvgIpc) is 2.43. The van der Waals surface area contributed by atoms with E-state index in [1.54, 1.807) is 30.5 Å². The van der Waals surface area contributed by atoms with Crippen molar-refractivity contribution >= 4 is 28.2 Å². The highest BCUT2D eigenvalue weighted by molar-refractivity contribution is 6.30. The smallest absolute Gasteiger partial charge is 0.145 e. The summed E-state index contributed by atoms with van der Waals surface area (Å²) in [5, 5.41) is 0.863. The summed E-state index contributed by atoms with van der Waals surface area (Å²) >= 11 is 5.64. The molecular weight excluding hydrogens is 279 g/mol. The van der Waals surface area contributed by atoms with E-state index in [4.69, 9.17) is 22.1 Å². The lowest BCUT2D eigenvalue weighted by molar-refractivity contribution is 0.482. The Kier molecular flexibility index (Phi) is 3.16. The van der Waals surface area contributed by atoms with Gasteiger partial charge in [-0.1, -0.05) is 11.6 Å². The van der Waals surface area contributed by atoms with Crippen LogP contribution < -0.4 is 10.5 Å². The first-order valence-electron chi connectivity index (χ1n) is 5.90. The molecule has 2 N–H and O–H groups in total. The van der Waals surface area contributed by atoms with Gasteiger partial charge in [0.05, 0.1) is 10.5 Å². The molecule has 0 spiro atoms. The summed E-state index contributed by atoms with van der Waals surface area (Å²) in [6.45, 7) is 0. The van der Waals surface area contributed by atoms with Crippen molar-refractivity contribution in [1.82, 2.24) is 4.98 Å². The van der Waals surface area contributed by atoms with Gasteiger partial charge in [0.15, 0.2) is 0 Å². The molecule has 3 aromatic rings. The first-order valence-corrected chi connectivity index (χ1v) is 6.28. The summed E-state index contributed by atoms with van der Waals surface area (Å²) in [4.78, 5) is 4.22. The monoisotopic (exact) mass is 288 g/mol. The van der Waals surface area contributed by atoms with Gasteiger partial charge in [0.25, 0.3) is 0 Å². The summed E-state index contributed by atoms with van der Waals surface area (Å²) in [5.41, 5.74) is 7.06. The molecule has 0 radical (unpaired) electrons. The Hall–Kier alpha value is -2.33. The van der Waals surface area contributed by atoms with Crippen molar-refractivity contribution in [2.24, 2.45) is 0 Å². The Morgan fingerprint density at radius 2 is 1.95 bits per heavy atom. The summed E-state index contributed by atoms with van der Waals surface area (Å²) in [6, 6.07) is 11.3. The van der Waals surface area contributed by atoms with Crippen molar-refractivity contribution in [3.8, 4) is 11.5 Å². The van der Waals surface area contributed by atoms with Gasteiger partial charge >= 0.3 is 0 Å². The number of aromatic nitrogens is 1. The van der Waals surface area contributed by atoms with E-state index in [1.807, 2.05) is 6.07 Å². The fraction of sp³-hybridized carbons (Fsp3) is 0. The number of hydrogen-bond donors (Lipinski definition) is 1. The minimum Gasteiger partial charge on any atom is -0.456 e. The number of fused-ring (bicyclic) bond motifs is 1. The maximum absolute atomic E-state index is 13.4.